The van der Waals surface area contributed by atoms with Crippen LogP contribution < -0.4 is 10.6 Å². The monoisotopic (exact) mass is 338 g/mol. The van der Waals surface area contributed by atoms with Gasteiger partial charge in [0.25, 0.3) is 0 Å². The third-order valence-corrected chi connectivity index (χ3v) is 4.88. The molecular formula is C11H16BrClN2OS. The van der Waals surface area contributed by atoms with E-state index in [1.165, 1.54) is 11.3 Å². The number of carbonyl (C=O) groups is 1. The molecule has 17 heavy (non-hydrogen) atoms. The van der Waals surface area contributed by atoms with Crippen molar-refractivity contribution in [3.63, 3.8) is 0 Å². The van der Waals surface area contributed by atoms with Crippen molar-refractivity contribution in [1.29, 1.82) is 0 Å². The molecule has 0 saturated heterocycles. The Morgan fingerprint density at radius 3 is 2.71 bits per heavy atom. The number of thiophene rings is 1. The number of rotatable bonds is 5. The second-order valence-corrected chi connectivity index (χ2v) is 6.99. The molecule has 0 aromatic carbocycles. The fourth-order valence-electron chi connectivity index (χ4n) is 1.40. The van der Waals surface area contributed by atoms with Crippen LogP contribution in [0.15, 0.2) is 10.5 Å². The molecule has 0 saturated carbocycles. The molecular weight excluding hydrogens is 324 g/mol. The van der Waals surface area contributed by atoms with Crippen LogP contribution in [0.1, 0.15) is 18.7 Å². The first-order valence-corrected chi connectivity index (χ1v) is 7.22. The van der Waals surface area contributed by atoms with E-state index in [1.807, 2.05) is 19.9 Å². The van der Waals surface area contributed by atoms with Crippen molar-refractivity contribution in [2.45, 2.75) is 20.4 Å². The Labute approximate surface area is 119 Å². The minimum atomic E-state index is -0.410. The quantitative estimate of drug-likeness (QED) is 0.866. The van der Waals surface area contributed by atoms with E-state index in [0.717, 1.165) is 20.2 Å². The Bertz CT molecular complexity index is 387. The van der Waals surface area contributed by atoms with Gasteiger partial charge in [0.05, 0.1) is 5.41 Å². The Hall–Kier alpha value is -0.100. The van der Waals surface area contributed by atoms with Crippen molar-refractivity contribution in [3.05, 3.63) is 19.8 Å². The summed E-state index contributed by atoms with van der Waals surface area (Å²) in [6.07, 6.45) is 0. The number of hydrogen-bond acceptors (Lipinski definition) is 3. The first-order chi connectivity index (χ1) is 7.86. The van der Waals surface area contributed by atoms with Crippen LogP contribution in [0.3, 0.4) is 0 Å². The SMILES string of the molecule is CNC(=O)C(C)(C)CNCc1cc(Br)c(Cl)s1. The molecule has 1 amide bonds. The minimum Gasteiger partial charge on any atom is -0.359 e. The zero-order valence-corrected chi connectivity index (χ0v) is 13.2. The van der Waals surface area contributed by atoms with Crippen molar-refractivity contribution < 1.29 is 4.79 Å². The molecule has 0 fully saturated rings. The van der Waals surface area contributed by atoms with E-state index < -0.39 is 5.41 Å². The molecule has 0 aliphatic heterocycles. The summed E-state index contributed by atoms with van der Waals surface area (Å²) in [5.41, 5.74) is -0.410. The molecule has 1 aromatic heterocycles. The molecule has 1 rings (SSSR count). The molecule has 0 bridgehead atoms. The van der Waals surface area contributed by atoms with E-state index in [-0.39, 0.29) is 5.91 Å². The van der Waals surface area contributed by atoms with Gasteiger partial charge in [-0.3, -0.25) is 4.79 Å². The van der Waals surface area contributed by atoms with Crippen LogP contribution in [0, 0.1) is 5.41 Å². The third kappa shape index (κ3) is 4.25. The van der Waals surface area contributed by atoms with E-state index in [1.54, 1.807) is 7.05 Å². The highest BCUT2D eigenvalue weighted by Crippen LogP contribution is 2.31. The number of carbonyl (C=O) groups excluding carboxylic acids is 1. The molecule has 96 valence electrons. The van der Waals surface area contributed by atoms with Crippen molar-refractivity contribution in [1.82, 2.24) is 10.6 Å². The van der Waals surface area contributed by atoms with Crippen LogP contribution in [0.25, 0.3) is 0 Å². The molecule has 0 spiro atoms. The lowest BCUT2D eigenvalue weighted by molar-refractivity contribution is -0.128. The highest BCUT2D eigenvalue weighted by molar-refractivity contribution is 9.10. The van der Waals surface area contributed by atoms with Gasteiger partial charge in [-0.2, -0.15) is 0 Å². The standard InChI is InChI=1S/C11H16BrClN2OS/c1-11(2,10(16)14-3)6-15-5-7-4-8(12)9(13)17-7/h4,15H,5-6H2,1-3H3,(H,14,16). The van der Waals surface area contributed by atoms with Crippen molar-refractivity contribution in [3.8, 4) is 0 Å². The zero-order valence-electron chi connectivity index (χ0n) is 10.1. The number of amides is 1. The summed E-state index contributed by atoms with van der Waals surface area (Å²) < 4.78 is 1.68. The molecule has 0 atom stereocenters. The highest BCUT2D eigenvalue weighted by atomic mass is 79.9. The molecule has 1 aromatic rings. The maximum atomic E-state index is 11.6. The molecule has 6 heteroatoms. The second-order valence-electron chi connectivity index (χ2n) is 4.40. The fraction of sp³-hybridized carbons (Fsp3) is 0.545. The summed E-state index contributed by atoms with van der Waals surface area (Å²) in [7, 11) is 1.65. The van der Waals surface area contributed by atoms with Gasteiger partial charge in [-0.1, -0.05) is 11.6 Å². The molecule has 3 nitrogen and oxygen atoms in total. The van der Waals surface area contributed by atoms with Crippen LogP contribution in [0.5, 0.6) is 0 Å². The van der Waals surface area contributed by atoms with Crippen LogP contribution in [-0.2, 0) is 11.3 Å². The predicted molar refractivity (Wildman–Crippen MR) is 76.6 cm³/mol. The van der Waals surface area contributed by atoms with E-state index >= 15 is 0 Å². The summed E-state index contributed by atoms with van der Waals surface area (Å²) in [5, 5.41) is 5.93. The average Bonchev–Trinajstić information content (AvgIpc) is 2.57. The van der Waals surface area contributed by atoms with Gasteiger partial charge in [-0.15, -0.1) is 11.3 Å². The minimum absolute atomic E-state index is 0.0374. The summed E-state index contributed by atoms with van der Waals surface area (Å²) >= 11 is 10.9. The van der Waals surface area contributed by atoms with Gasteiger partial charge in [0, 0.05) is 29.5 Å². The molecule has 0 aliphatic carbocycles. The van der Waals surface area contributed by atoms with E-state index in [9.17, 15) is 4.79 Å². The van der Waals surface area contributed by atoms with Gasteiger partial charge in [0.1, 0.15) is 4.34 Å². The summed E-state index contributed by atoms with van der Waals surface area (Å²) in [5.74, 6) is 0.0374. The molecule has 0 radical (unpaired) electrons. The van der Waals surface area contributed by atoms with Crippen LogP contribution in [-0.4, -0.2) is 19.5 Å². The predicted octanol–water partition coefficient (Wildman–Crippen LogP) is 3.03. The lowest BCUT2D eigenvalue weighted by Gasteiger charge is -2.22. The Balaban J connectivity index is 2.45. The average molecular weight is 340 g/mol. The Morgan fingerprint density at radius 2 is 2.24 bits per heavy atom. The smallest absolute Gasteiger partial charge is 0.226 e. The van der Waals surface area contributed by atoms with Crippen molar-refractivity contribution in [2.75, 3.05) is 13.6 Å². The molecule has 0 aliphatic rings. The lowest BCUT2D eigenvalue weighted by atomic mass is 9.92. The third-order valence-electron chi connectivity index (χ3n) is 2.40. The summed E-state index contributed by atoms with van der Waals surface area (Å²) in [6, 6.07) is 1.99. The normalized spacial score (nSPS) is 11.6. The van der Waals surface area contributed by atoms with E-state index in [0.29, 0.717) is 6.54 Å². The van der Waals surface area contributed by atoms with Gasteiger partial charge >= 0.3 is 0 Å². The zero-order chi connectivity index (χ0) is 13.1. The molecule has 0 unspecified atom stereocenters. The number of halogens is 2. The van der Waals surface area contributed by atoms with Gasteiger partial charge < -0.3 is 10.6 Å². The van der Waals surface area contributed by atoms with Crippen LogP contribution in [0.4, 0.5) is 0 Å². The molecule has 1 heterocycles. The molecule has 2 N–H and O–H groups in total. The van der Waals surface area contributed by atoms with Crippen LogP contribution in [0.2, 0.25) is 4.34 Å². The summed E-state index contributed by atoms with van der Waals surface area (Å²) in [6.45, 7) is 5.17. The fourth-order valence-corrected chi connectivity index (χ4v) is 3.16. The second kappa shape index (κ2) is 6.18. The first-order valence-electron chi connectivity index (χ1n) is 5.23. The maximum absolute atomic E-state index is 11.6. The summed E-state index contributed by atoms with van der Waals surface area (Å²) in [4.78, 5) is 12.7. The van der Waals surface area contributed by atoms with Gasteiger partial charge in [-0.25, -0.2) is 0 Å². The Morgan fingerprint density at radius 1 is 1.59 bits per heavy atom. The van der Waals surface area contributed by atoms with E-state index in [4.69, 9.17) is 11.6 Å². The largest absolute Gasteiger partial charge is 0.359 e. The van der Waals surface area contributed by atoms with E-state index in [2.05, 4.69) is 26.6 Å². The number of nitrogens with one attached hydrogen (secondary N) is 2. The maximum Gasteiger partial charge on any atom is 0.226 e. The van der Waals surface area contributed by atoms with Gasteiger partial charge in [0.15, 0.2) is 0 Å². The van der Waals surface area contributed by atoms with Gasteiger partial charge in [0.2, 0.25) is 5.91 Å². The first kappa shape index (κ1) is 15.0. The van der Waals surface area contributed by atoms with Crippen molar-refractivity contribution in [2.24, 2.45) is 5.41 Å². The highest BCUT2D eigenvalue weighted by Gasteiger charge is 2.25. The van der Waals surface area contributed by atoms with Gasteiger partial charge in [-0.05, 0) is 35.8 Å². The van der Waals surface area contributed by atoms with Crippen molar-refractivity contribution >= 4 is 44.8 Å². The Kier molecular flexibility index (Phi) is 5.44. The topological polar surface area (TPSA) is 41.1 Å². The lowest BCUT2D eigenvalue weighted by Crippen LogP contribution is -2.41. The number of hydrogen-bond donors (Lipinski definition) is 2. The van der Waals surface area contributed by atoms with Crippen LogP contribution >= 0.6 is 38.9 Å².